The standard InChI is InChI=1S/C10H14N2O3S/c11-9(13)6-10(12)16(14,15)7-8-4-2-1-3-5-8/h1-5,10H,6-7,12H2,(H2,11,13). The van der Waals surface area contributed by atoms with Gasteiger partial charge in [0.05, 0.1) is 12.2 Å². The number of primary amides is 1. The second kappa shape index (κ2) is 5.09. The van der Waals surface area contributed by atoms with Gasteiger partial charge in [-0.15, -0.1) is 0 Å². The maximum Gasteiger partial charge on any atom is 0.220 e. The summed E-state index contributed by atoms with van der Waals surface area (Å²) >= 11 is 0. The third kappa shape index (κ3) is 3.63. The highest BCUT2D eigenvalue weighted by Crippen LogP contribution is 2.10. The van der Waals surface area contributed by atoms with Gasteiger partial charge < -0.3 is 11.5 Å². The lowest BCUT2D eigenvalue weighted by Crippen LogP contribution is -2.35. The van der Waals surface area contributed by atoms with Gasteiger partial charge in [-0.2, -0.15) is 0 Å². The van der Waals surface area contributed by atoms with Gasteiger partial charge >= 0.3 is 0 Å². The molecule has 16 heavy (non-hydrogen) atoms. The van der Waals surface area contributed by atoms with Crippen molar-refractivity contribution >= 4 is 15.7 Å². The lowest BCUT2D eigenvalue weighted by Gasteiger charge is -2.10. The third-order valence-electron chi connectivity index (χ3n) is 2.07. The SMILES string of the molecule is NC(=O)CC(N)S(=O)(=O)Cc1ccccc1. The van der Waals surface area contributed by atoms with Gasteiger partial charge in [0.15, 0.2) is 9.84 Å². The van der Waals surface area contributed by atoms with E-state index in [-0.39, 0.29) is 12.2 Å². The van der Waals surface area contributed by atoms with Gasteiger partial charge in [-0.3, -0.25) is 4.79 Å². The first kappa shape index (κ1) is 12.7. The van der Waals surface area contributed by atoms with Crippen LogP contribution in [0.5, 0.6) is 0 Å². The Kier molecular flexibility index (Phi) is 4.03. The zero-order valence-electron chi connectivity index (χ0n) is 8.67. The first-order valence-electron chi connectivity index (χ1n) is 4.71. The molecule has 1 aromatic rings. The number of carbonyl (C=O) groups is 1. The third-order valence-corrected chi connectivity index (χ3v) is 3.90. The lowest BCUT2D eigenvalue weighted by atomic mass is 10.2. The molecule has 1 unspecified atom stereocenters. The first-order valence-corrected chi connectivity index (χ1v) is 6.43. The molecule has 1 rings (SSSR count). The highest BCUT2D eigenvalue weighted by atomic mass is 32.2. The van der Waals surface area contributed by atoms with E-state index >= 15 is 0 Å². The van der Waals surface area contributed by atoms with Crippen molar-refractivity contribution in [3.05, 3.63) is 35.9 Å². The van der Waals surface area contributed by atoms with Crippen LogP contribution < -0.4 is 11.5 Å². The van der Waals surface area contributed by atoms with E-state index in [1.54, 1.807) is 30.3 Å². The van der Waals surface area contributed by atoms with Crippen LogP contribution in [0.1, 0.15) is 12.0 Å². The van der Waals surface area contributed by atoms with Crippen molar-refractivity contribution in [2.45, 2.75) is 17.5 Å². The number of nitrogens with two attached hydrogens (primary N) is 2. The maximum atomic E-state index is 11.7. The minimum absolute atomic E-state index is 0.178. The number of hydrogen-bond acceptors (Lipinski definition) is 4. The summed E-state index contributed by atoms with van der Waals surface area (Å²) in [5.41, 5.74) is 11.0. The second-order valence-electron chi connectivity index (χ2n) is 3.50. The Morgan fingerprint density at radius 1 is 1.25 bits per heavy atom. The summed E-state index contributed by atoms with van der Waals surface area (Å²) in [4.78, 5) is 10.6. The number of benzene rings is 1. The van der Waals surface area contributed by atoms with Gasteiger partial charge in [-0.25, -0.2) is 8.42 Å². The molecule has 0 saturated carbocycles. The predicted octanol–water partition coefficient (Wildman–Crippen LogP) is -0.238. The Bertz CT molecular complexity index is 456. The molecule has 6 heteroatoms. The quantitative estimate of drug-likeness (QED) is 0.743. The van der Waals surface area contributed by atoms with Gasteiger partial charge in [0.25, 0.3) is 0 Å². The predicted molar refractivity (Wildman–Crippen MR) is 60.9 cm³/mol. The summed E-state index contributed by atoms with van der Waals surface area (Å²) in [5.74, 6) is -0.897. The Morgan fingerprint density at radius 3 is 2.31 bits per heavy atom. The molecule has 0 spiro atoms. The summed E-state index contributed by atoms with van der Waals surface area (Å²) in [5, 5.41) is -1.23. The van der Waals surface area contributed by atoms with Crippen molar-refractivity contribution in [1.82, 2.24) is 0 Å². The van der Waals surface area contributed by atoms with Gasteiger partial charge in [0, 0.05) is 0 Å². The molecule has 0 aromatic heterocycles. The van der Waals surface area contributed by atoms with E-state index in [0.717, 1.165) is 0 Å². The molecule has 1 amide bonds. The van der Waals surface area contributed by atoms with E-state index in [1.807, 2.05) is 0 Å². The summed E-state index contributed by atoms with van der Waals surface area (Å²) in [6.07, 6.45) is -0.352. The average molecular weight is 242 g/mol. The molecule has 88 valence electrons. The second-order valence-corrected chi connectivity index (χ2v) is 5.72. The van der Waals surface area contributed by atoms with Crippen LogP contribution in [-0.4, -0.2) is 19.7 Å². The molecule has 0 aliphatic carbocycles. The van der Waals surface area contributed by atoms with Crippen LogP contribution in [0.25, 0.3) is 0 Å². The van der Waals surface area contributed by atoms with E-state index in [4.69, 9.17) is 11.5 Å². The van der Waals surface area contributed by atoms with E-state index in [1.165, 1.54) is 0 Å². The normalized spacial score (nSPS) is 13.3. The van der Waals surface area contributed by atoms with Crippen molar-refractivity contribution in [1.29, 1.82) is 0 Å². The molecule has 0 radical (unpaired) electrons. The number of carbonyl (C=O) groups excluding carboxylic acids is 1. The van der Waals surface area contributed by atoms with E-state index in [2.05, 4.69) is 0 Å². The van der Waals surface area contributed by atoms with Crippen LogP contribution in [-0.2, 0) is 20.4 Å². The lowest BCUT2D eigenvalue weighted by molar-refractivity contribution is -0.118. The van der Waals surface area contributed by atoms with Crippen LogP contribution in [0.2, 0.25) is 0 Å². The van der Waals surface area contributed by atoms with Crippen molar-refractivity contribution < 1.29 is 13.2 Å². The monoisotopic (exact) mass is 242 g/mol. The van der Waals surface area contributed by atoms with Crippen molar-refractivity contribution in [3.8, 4) is 0 Å². The van der Waals surface area contributed by atoms with Crippen molar-refractivity contribution in [3.63, 3.8) is 0 Å². The van der Waals surface area contributed by atoms with Gasteiger partial charge in [0.2, 0.25) is 5.91 Å². The van der Waals surface area contributed by atoms with E-state index in [9.17, 15) is 13.2 Å². The highest BCUT2D eigenvalue weighted by Gasteiger charge is 2.23. The molecule has 0 aliphatic rings. The first-order chi connectivity index (χ1) is 7.42. The molecule has 1 atom stereocenters. The summed E-state index contributed by atoms with van der Waals surface area (Å²) < 4.78 is 23.4. The van der Waals surface area contributed by atoms with Crippen LogP contribution >= 0.6 is 0 Å². The molecule has 1 aromatic carbocycles. The molecular weight excluding hydrogens is 228 g/mol. The Balaban J connectivity index is 2.76. The largest absolute Gasteiger partial charge is 0.370 e. The van der Waals surface area contributed by atoms with Crippen LogP contribution in [0.3, 0.4) is 0 Å². The molecular formula is C10H14N2O3S. The number of sulfone groups is 1. The van der Waals surface area contributed by atoms with Crippen molar-refractivity contribution in [2.75, 3.05) is 0 Å². The molecule has 0 aliphatic heterocycles. The Labute approximate surface area is 94.4 Å². The highest BCUT2D eigenvalue weighted by molar-refractivity contribution is 7.91. The fourth-order valence-corrected chi connectivity index (χ4v) is 2.53. The molecule has 0 saturated heterocycles. The van der Waals surface area contributed by atoms with Gasteiger partial charge in [-0.05, 0) is 5.56 Å². The zero-order chi connectivity index (χ0) is 12.2. The number of hydrogen-bond donors (Lipinski definition) is 2. The van der Waals surface area contributed by atoms with Gasteiger partial charge in [0.1, 0.15) is 5.37 Å². The summed E-state index contributed by atoms with van der Waals surface area (Å²) in [6.45, 7) is 0. The fourth-order valence-electron chi connectivity index (χ4n) is 1.24. The fraction of sp³-hybridized carbons (Fsp3) is 0.300. The topological polar surface area (TPSA) is 103 Å². The molecule has 4 N–H and O–H groups in total. The number of amides is 1. The van der Waals surface area contributed by atoms with E-state index < -0.39 is 21.1 Å². The van der Waals surface area contributed by atoms with Crippen molar-refractivity contribution in [2.24, 2.45) is 11.5 Å². The Hall–Kier alpha value is -1.40. The number of rotatable bonds is 5. The van der Waals surface area contributed by atoms with E-state index in [0.29, 0.717) is 5.56 Å². The smallest absolute Gasteiger partial charge is 0.220 e. The Morgan fingerprint density at radius 2 is 1.81 bits per heavy atom. The average Bonchev–Trinajstić information content (AvgIpc) is 2.17. The van der Waals surface area contributed by atoms with Crippen LogP contribution in [0.4, 0.5) is 0 Å². The summed E-state index contributed by atoms with van der Waals surface area (Å²) in [6, 6.07) is 8.65. The molecule has 0 bridgehead atoms. The molecule has 0 fully saturated rings. The van der Waals surface area contributed by atoms with Crippen LogP contribution in [0.15, 0.2) is 30.3 Å². The van der Waals surface area contributed by atoms with Gasteiger partial charge in [-0.1, -0.05) is 30.3 Å². The minimum atomic E-state index is -3.53. The van der Waals surface area contributed by atoms with Crippen LogP contribution in [0, 0.1) is 0 Å². The minimum Gasteiger partial charge on any atom is -0.370 e. The molecule has 0 heterocycles. The maximum absolute atomic E-state index is 11.7. The summed E-state index contributed by atoms with van der Waals surface area (Å²) in [7, 11) is -3.53. The molecule has 5 nitrogen and oxygen atoms in total. The zero-order valence-corrected chi connectivity index (χ0v) is 9.48.